The molecular weight excluding hydrogens is 260 g/mol. The Labute approximate surface area is 130 Å². The summed E-state index contributed by atoms with van der Waals surface area (Å²) in [6.07, 6.45) is 9.62. The molecular formula is C18H34N2O. The van der Waals surface area contributed by atoms with E-state index in [0.29, 0.717) is 17.9 Å². The molecule has 5 unspecified atom stereocenters. The zero-order chi connectivity index (χ0) is 15.4. The first-order valence-corrected chi connectivity index (χ1v) is 9.18. The Morgan fingerprint density at radius 3 is 2.57 bits per heavy atom. The predicted molar refractivity (Wildman–Crippen MR) is 88.0 cm³/mol. The number of unbranched alkanes of at least 4 members (excludes halogenated alkanes) is 1. The minimum Gasteiger partial charge on any atom is -0.323 e. The van der Waals surface area contributed by atoms with Gasteiger partial charge < -0.3 is 4.90 Å². The average Bonchev–Trinajstić information content (AvgIpc) is 2.77. The average molecular weight is 294 g/mol. The molecule has 122 valence electrons. The highest BCUT2D eigenvalue weighted by atomic mass is 16.2. The number of nitrogens with zero attached hydrogens (tertiary/aromatic N) is 1. The smallest absolute Gasteiger partial charge is 0.241 e. The van der Waals surface area contributed by atoms with Gasteiger partial charge in [0, 0.05) is 6.04 Å². The third-order valence-corrected chi connectivity index (χ3v) is 5.71. The Morgan fingerprint density at radius 1 is 1.14 bits per heavy atom. The van der Waals surface area contributed by atoms with Crippen molar-refractivity contribution in [3.05, 3.63) is 0 Å². The topological polar surface area (TPSA) is 32.3 Å². The lowest BCUT2D eigenvalue weighted by molar-refractivity contribution is -0.134. The molecule has 3 heteroatoms. The Hall–Kier alpha value is -0.570. The van der Waals surface area contributed by atoms with Crippen LogP contribution in [-0.2, 0) is 4.79 Å². The molecule has 2 aliphatic rings. The van der Waals surface area contributed by atoms with Crippen LogP contribution < -0.4 is 5.32 Å². The normalized spacial score (nSPS) is 37.2. The molecule has 0 aromatic carbocycles. The van der Waals surface area contributed by atoms with Gasteiger partial charge in [-0.05, 0) is 31.1 Å². The predicted octanol–water partition coefficient (Wildman–Crippen LogP) is 3.93. The van der Waals surface area contributed by atoms with Gasteiger partial charge in [-0.25, -0.2) is 0 Å². The van der Waals surface area contributed by atoms with Crippen LogP contribution in [0.2, 0.25) is 0 Å². The molecule has 3 nitrogen and oxygen atoms in total. The molecule has 1 amide bonds. The van der Waals surface area contributed by atoms with Crippen LogP contribution in [0, 0.1) is 11.8 Å². The summed E-state index contributed by atoms with van der Waals surface area (Å²) in [5, 5.41) is 3.64. The van der Waals surface area contributed by atoms with Crippen LogP contribution in [0.15, 0.2) is 0 Å². The van der Waals surface area contributed by atoms with Gasteiger partial charge in [0.15, 0.2) is 0 Å². The molecule has 1 aliphatic carbocycles. The van der Waals surface area contributed by atoms with E-state index in [-0.39, 0.29) is 12.2 Å². The molecule has 0 bridgehead atoms. The molecule has 1 saturated carbocycles. The molecule has 1 saturated heterocycles. The van der Waals surface area contributed by atoms with Gasteiger partial charge in [-0.1, -0.05) is 59.8 Å². The lowest BCUT2D eigenvalue weighted by Gasteiger charge is -2.42. The van der Waals surface area contributed by atoms with Gasteiger partial charge in [0.2, 0.25) is 5.91 Å². The third-order valence-electron chi connectivity index (χ3n) is 5.71. The molecule has 5 atom stereocenters. The van der Waals surface area contributed by atoms with Crippen LogP contribution in [0.5, 0.6) is 0 Å². The van der Waals surface area contributed by atoms with Crippen molar-refractivity contribution in [2.45, 2.75) is 97.3 Å². The third kappa shape index (κ3) is 3.61. The summed E-state index contributed by atoms with van der Waals surface area (Å²) >= 11 is 0. The van der Waals surface area contributed by atoms with Crippen LogP contribution in [-0.4, -0.2) is 29.1 Å². The van der Waals surface area contributed by atoms with Gasteiger partial charge in [-0.2, -0.15) is 0 Å². The van der Waals surface area contributed by atoms with E-state index in [1.54, 1.807) is 0 Å². The molecule has 21 heavy (non-hydrogen) atoms. The second-order valence-corrected chi connectivity index (χ2v) is 7.25. The number of hydrogen-bond acceptors (Lipinski definition) is 2. The number of nitrogens with one attached hydrogen (secondary N) is 1. The summed E-state index contributed by atoms with van der Waals surface area (Å²) in [5.74, 6) is 1.76. The maximum Gasteiger partial charge on any atom is 0.241 e. The number of rotatable bonds is 6. The summed E-state index contributed by atoms with van der Waals surface area (Å²) in [6.45, 7) is 9.13. The monoisotopic (exact) mass is 294 g/mol. The summed E-state index contributed by atoms with van der Waals surface area (Å²) in [5.41, 5.74) is 0. The Kier molecular flexibility index (Phi) is 6.09. The first-order valence-electron chi connectivity index (χ1n) is 9.18. The fourth-order valence-electron chi connectivity index (χ4n) is 4.17. The van der Waals surface area contributed by atoms with E-state index < -0.39 is 0 Å². The zero-order valence-electron chi connectivity index (χ0n) is 14.4. The highest BCUT2D eigenvalue weighted by Crippen LogP contribution is 2.36. The van der Waals surface area contributed by atoms with E-state index in [1.807, 2.05) is 0 Å². The van der Waals surface area contributed by atoms with Crippen LogP contribution in [0.25, 0.3) is 0 Å². The van der Waals surface area contributed by atoms with Gasteiger partial charge in [0.05, 0.1) is 12.2 Å². The molecule has 0 aromatic rings. The first-order chi connectivity index (χ1) is 10.1. The molecule has 2 fully saturated rings. The first kappa shape index (κ1) is 16.8. The summed E-state index contributed by atoms with van der Waals surface area (Å²) < 4.78 is 0. The number of hydrogen-bond donors (Lipinski definition) is 1. The van der Waals surface area contributed by atoms with Gasteiger partial charge in [-0.3, -0.25) is 10.1 Å². The molecule has 1 N–H and O–H groups in total. The second-order valence-electron chi connectivity index (χ2n) is 7.25. The van der Waals surface area contributed by atoms with Crippen molar-refractivity contribution in [3.8, 4) is 0 Å². The van der Waals surface area contributed by atoms with E-state index in [1.165, 1.54) is 25.7 Å². The quantitative estimate of drug-likeness (QED) is 0.805. The van der Waals surface area contributed by atoms with E-state index >= 15 is 0 Å². The van der Waals surface area contributed by atoms with Gasteiger partial charge in [0.25, 0.3) is 0 Å². The van der Waals surface area contributed by atoms with E-state index in [4.69, 9.17) is 0 Å². The van der Waals surface area contributed by atoms with Crippen molar-refractivity contribution in [2.24, 2.45) is 11.8 Å². The van der Waals surface area contributed by atoms with E-state index in [0.717, 1.165) is 31.6 Å². The maximum absolute atomic E-state index is 12.9. The van der Waals surface area contributed by atoms with Crippen LogP contribution in [0.3, 0.4) is 0 Å². The van der Waals surface area contributed by atoms with Gasteiger partial charge >= 0.3 is 0 Å². The van der Waals surface area contributed by atoms with Crippen molar-refractivity contribution in [1.29, 1.82) is 0 Å². The number of amides is 1. The zero-order valence-corrected chi connectivity index (χ0v) is 14.4. The van der Waals surface area contributed by atoms with Crippen LogP contribution in [0.4, 0.5) is 0 Å². The van der Waals surface area contributed by atoms with Crippen molar-refractivity contribution in [1.82, 2.24) is 10.2 Å². The Morgan fingerprint density at radius 2 is 1.90 bits per heavy atom. The van der Waals surface area contributed by atoms with Crippen molar-refractivity contribution in [2.75, 3.05) is 0 Å². The lowest BCUT2D eigenvalue weighted by atomic mass is 9.77. The fourth-order valence-corrected chi connectivity index (χ4v) is 4.17. The summed E-state index contributed by atoms with van der Waals surface area (Å²) in [4.78, 5) is 15.2. The molecule has 0 aromatic heterocycles. The summed E-state index contributed by atoms with van der Waals surface area (Å²) in [6, 6.07) is 0.530. The standard InChI is InChI=1S/C18H34N2O/c1-5-7-11-15-18(21)20(17(19-15)9-6-2)16-12-8-10-13(3)14(16)4/h13-17,19H,5-12H2,1-4H3. The minimum atomic E-state index is 0.0749. The van der Waals surface area contributed by atoms with Crippen LogP contribution >= 0.6 is 0 Å². The van der Waals surface area contributed by atoms with Gasteiger partial charge in [0.1, 0.15) is 0 Å². The van der Waals surface area contributed by atoms with Crippen molar-refractivity contribution < 1.29 is 4.79 Å². The van der Waals surface area contributed by atoms with E-state index in [9.17, 15) is 4.79 Å². The SMILES string of the molecule is CCCCC1NC(CCC)N(C2CCCC(C)C2C)C1=O. The van der Waals surface area contributed by atoms with E-state index in [2.05, 4.69) is 37.9 Å². The molecule has 0 spiro atoms. The number of carbonyl (C=O) groups is 1. The molecule has 1 aliphatic heterocycles. The fraction of sp³-hybridized carbons (Fsp3) is 0.944. The largest absolute Gasteiger partial charge is 0.323 e. The summed E-state index contributed by atoms with van der Waals surface area (Å²) in [7, 11) is 0. The number of carbonyl (C=O) groups excluding carboxylic acids is 1. The van der Waals surface area contributed by atoms with Crippen molar-refractivity contribution >= 4 is 5.91 Å². The van der Waals surface area contributed by atoms with Crippen LogP contribution in [0.1, 0.15) is 79.1 Å². The Balaban J connectivity index is 2.11. The maximum atomic E-state index is 12.9. The minimum absolute atomic E-state index is 0.0749. The molecule has 2 rings (SSSR count). The van der Waals surface area contributed by atoms with Crippen molar-refractivity contribution in [3.63, 3.8) is 0 Å². The van der Waals surface area contributed by atoms with Gasteiger partial charge in [-0.15, -0.1) is 0 Å². The lowest BCUT2D eigenvalue weighted by Crippen LogP contribution is -2.50. The Bertz CT molecular complexity index is 344. The highest BCUT2D eigenvalue weighted by Gasteiger charge is 2.44. The molecule has 1 heterocycles. The molecule has 0 radical (unpaired) electrons. The second kappa shape index (κ2) is 7.62. The highest BCUT2D eigenvalue weighted by molar-refractivity contribution is 5.84.